The molecule has 0 aliphatic carbocycles. The van der Waals surface area contributed by atoms with Gasteiger partial charge in [0.15, 0.2) is 6.61 Å². The first-order chi connectivity index (χ1) is 7.01. The smallest absolute Gasteiger partial charge is 0.422 e. The third kappa shape index (κ3) is 4.53. The maximum Gasteiger partial charge on any atom is 0.422 e. The zero-order valence-electron chi connectivity index (χ0n) is 8.14. The number of ether oxygens (including phenoxy) is 1. The molecule has 3 nitrogen and oxygen atoms in total. The van der Waals surface area contributed by atoms with Crippen molar-refractivity contribution in [2.24, 2.45) is 0 Å². The molecule has 0 saturated heterocycles. The molecule has 0 unspecified atom stereocenters. The summed E-state index contributed by atoms with van der Waals surface area (Å²) in [6.45, 7) is 1.31. The Kier molecular flexibility index (Phi) is 3.76. The summed E-state index contributed by atoms with van der Waals surface area (Å²) in [5, 5.41) is 2.92. The van der Waals surface area contributed by atoms with Gasteiger partial charge in [-0.05, 0) is 19.1 Å². The van der Waals surface area contributed by atoms with Crippen LogP contribution in [0.3, 0.4) is 0 Å². The van der Waals surface area contributed by atoms with E-state index in [0.717, 1.165) is 0 Å². The summed E-state index contributed by atoms with van der Waals surface area (Å²) in [5.41, 5.74) is 0. The summed E-state index contributed by atoms with van der Waals surface area (Å²) in [6.07, 6.45) is -3.07. The molecule has 1 heterocycles. The third-order valence-electron chi connectivity index (χ3n) is 1.50. The first kappa shape index (κ1) is 11.6. The van der Waals surface area contributed by atoms with Crippen molar-refractivity contribution in [3.05, 3.63) is 18.3 Å². The quantitative estimate of drug-likeness (QED) is 0.846. The molecule has 0 amide bonds. The summed E-state index contributed by atoms with van der Waals surface area (Å²) >= 11 is 0. The van der Waals surface area contributed by atoms with Gasteiger partial charge in [-0.1, -0.05) is 0 Å². The van der Waals surface area contributed by atoms with Crippen LogP contribution in [0.4, 0.5) is 19.0 Å². The molecule has 15 heavy (non-hydrogen) atoms. The number of nitrogens with zero attached hydrogens (tertiary/aromatic N) is 1. The zero-order chi connectivity index (χ0) is 11.3. The van der Waals surface area contributed by atoms with Gasteiger partial charge in [-0.2, -0.15) is 13.2 Å². The Morgan fingerprint density at radius 1 is 1.40 bits per heavy atom. The standard InChI is InChI=1S/C9H11F3N2O/c1-2-13-8-4-3-7(5-14-8)15-6-9(10,11)12/h3-5H,2,6H2,1H3,(H,13,14). The van der Waals surface area contributed by atoms with Gasteiger partial charge in [0.25, 0.3) is 0 Å². The number of pyridine rings is 1. The van der Waals surface area contributed by atoms with Gasteiger partial charge in [0, 0.05) is 6.54 Å². The van der Waals surface area contributed by atoms with Gasteiger partial charge in [0.2, 0.25) is 0 Å². The lowest BCUT2D eigenvalue weighted by atomic mass is 10.4. The van der Waals surface area contributed by atoms with Gasteiger partial charge >= 0.3 is 6.18 Å². The molecule has 0 radical (unpaired) electrons. The Balaban J connectivity index is 2.50. The van der Waals surface area contributed by atoms with Crippen molar-refractivity contribution >= 4 is 5.82 Å². The summed E-state index contributed by atoms with van der Waals surface area (Å²) < 4.78 is 39.8. The van der Waals surface area contributed by atoms with Crippen LogP contribution in [0.25, 0.3) is 0 Å². The van der Waals surface area contributed by atoms with Crippen molar-refractivity contribution in [1.29, 1.82) is 0 Å². The minimum Gasteiger partial charge on any atom is -0.483 e. The fraction of sp³-hybridized carbons (Fsp3) is 0.444. The second kappa shape index (κ2) is 4.86. The van der Waals surface area contributed by atoms with Crippen LogP contribution < -0.4 is 10.1 Å². The number of anilines is 1. The van der Waals surface area contributed by atoms with E-state index in [1.165, 1.54) is 12.3 Å². The SMILES string of the molecule is CCNc1ccc(OCC(F)(F)F)cn1. The van der Waals surface area contributed by atoms with Crippen molar-refractivity contribution in [1.82, 2.24) is 4.98 Å². The molecular formula is C9H11F3N2O. The van der Waals surface area contributed by atoms with Crippen LogP contribution in [0.2, 0.25) is 0 Å². The molecule has 0 fully saturated rings. The Morgan fingerprint density at radius 2 is 2.13 bits per heavy atom. The van der Waals surface area contributed by atoms with Crippen molar-refractivity contribution in [3.63, 3.8) is 0 Å². The first-order valence-electron chi connectivity index (χ1n) is 4.41. The van der Waals surface area contributed by atoms with Crippen molar-refractivity contribution in [3.8, 4) is 5.75 Å². The molecule has 0 bridgehead atoms. The predicted molar refractivity (Wildman–Crippen MR) is 50.0 cm³/mol. The van der Waals surface area contributed by atoms with Crippen molar-refractivity contribution in [2.45, 2.75) is 13.1 Å². The second-order valence-electron chi connectivity index (χ2n) is 2.81. The van der Waals surface area contributed by atoms with Crippen LogP contribution in [0, 0.1) is 0 Å². The minimum absolute atomic E-state index is 0.106. The number of halogens is 3. The normalized spacial score (nSPS) is 11.2. The highest BCUT2D eigenvalue weighted by atomic mass is 19.4. The third-order valence-corrected chi connectivity index (χ3v) is 1.50. The second-order valence-corrected chi connectivity index (χ2v) is 2.81. The topological polar surface area (TPSA) is 34.1 Å². The zero-order valence-corrected chi connectivity index (χ0v) is 8.14. The van der Waals surface area contributed by atoms with Crippen LogP contribution in [0.15, 0.2) is 18.3 Å². The number of hydrogen-bond donors (Lipinski definition) is 1. The van der Waals surface area contributed by atoms with Crippen molar-refractivity contribution < 1.29 is 17.9 Å². The van der Waals surface area contributed by atoms with Crippen LogP contribution in [0.5, 0.6) is 5.75 Å². The molecule has 1 aromatic heterocycles. The summed E-state index contributed by atoms with van der Waals surface area (Å²) in [7, 11) is 0. The molecule has 0 saturated carbocycles. The average molecular weight is 220 g/mol. The Hall–Kier alpha value is -1.46. The molecule has 6 heteroatoms. The molecule has 1 N–H and O–H groups in total. The monoisotopic (exact) mass is 220 g/mol. The van der Waals surface area contributed by atoms with Crippen LogP contribution in [0.1, 0.15) is 6.92 Å². The number of aromatic nitrogens is 1. The summed E-state index contributed by atoms with van der Waals surface area (Å²) in [6, 6.07) is 3.01. The van der Waals surface area contributed by atoms with Crippen LogP contribution >= 0.6 is 0 Å². The number of alkyl halides is 3. The molecule has 0 aromatic carbocycles. The molecule has 1 rings (SSSR count). The van der Waals surface area contributed by atoms with E-state index < -0.39 is 12.8 Å². The van der Waals surface area contributed by atoms with E-state index in [0.29, 0.717) is 12.4 Å². The molecule has 1 aromatic rings. The fourth-order valence-electron chi connectivity index (χ4n) is 0.917. The molecule has 0 atom stereocenters. The summed E-state index contributed by atoms with van der Waals surface area (Å²) in [5.74, 6) is 0.714. The van der Waals surface area contributed by atoms with Gasteiger partial charge < -0.3 is 10.1 Å². The maximum atomic E-state index is 11.8. The Morgan fingerprint density at radius 3 is 2.60 bits per heavy atom. The van der Waals surface area contributed by atoms with E-state index in [1.54, 1.807) is 6.07 Å². The largest absolute Gasteiger partial charge is 0.483 e. The van der Waals surface area contributed by atoms with Gasteiger partial charge in [0.1, 0.15) is 11.6 Å². The van der Waals surface area contributed by atoms with Crippen molar-refractivity contribution in [2.75, 3.05) is 18.5 Å². The average Bonchev–Trinajstić information content (AvgIpc) is 2.16. The van der Waals surface area contributed by atoms with E-state index in [-0.39, 0.29) is 5.75 Å². The molecule has 0 aliphatic heterocycles. The lowest BCUT2D eigenvalue weighted by Gasteiger charge is -2.09. The van der Waals surface area contributed by atoms with Gasteiger partial charge in [-0.15, -0.1) is 0 Å². The van der Waals surface area contributed by atoms with Crippen LogP contribution in [-0.2, 0) is 0 Å². The first-order valence-corrected chi connectivity index (χ1v) is 4.41. The highest BCUT2D eigenvalue weighted by Crippen LogP contribution is 2.18. The number of hydrogen-bond acceptors (Lipinski definition) is 3. The van der Waals surface area contributed by atoms with Gasteiger partial charge in [-0.3, -0.25) is 0 Å². The lowest BCUT2D eigenvalue weighted by Crippen LogP contribution is -2.19. The Bertz CT molecular complexity index is 297. The van der Waals surface area contributed by atoms with E-state index in [2.05, 4.69) is 15.0 Å². The predicted octanol–water partition coefficient (Wildman–Crippen LogP) is 2.45. The fourth-order valence-corrected chi connectivity index (χ4v) is 0.917. The summed E-state index contributed by atoms with van der Waals surface area (Å²) in [4.78, 5) is 3.87. The molecule has 0 aliphatic rings. The molecular weight excluding hydrogens is 209 g/mol. The van der Waals surface area contributed by atoms with Gasteiger partial charge in [0.05, 0.1) is 6.20 Å². The van der Waals surface area contributed by atoms with E-state index in [4.69, 9.17) is 0 Å². The lowest BCUT2D eigenvalue weighted by molar-refractivity contribution is -0.153. The van der Waals surface area contributed by atoms with Crippen LogP contribution in [-0.4, -0.2) is 24.3 Å². The van der Waals surface area contributed by atoms with E-state index in [1.807, 2.05) is 6.92 Å². The number of nitrogens with one attached hydrogen (secondary N) is 1. The van der Waals surface area contributed by atoms with E-state index >= 15 is 0 Å². The highest BCUT2D eigenvalue weighted by molar-refractivity contribution is 5.37. The minimum atomic E-state index is -4.32. The maximum absolute atomic E-state index is 11.8. The molecule has 0 spiro atoms. The molecule has 84 valence electrons. The Labute approximate surface area is 85.3 Å². The number of rotatable bonds is 4. The van der Waals surface area contributed by atoms with Gasteiger partial charge in [-0.25, -0.2) is 4.98 Å². The highest BCUT2D eigenvalue weighted by Gasteiger charge is 2.28. The van der Waals surface area contributed by atoms with E-state index in [9.17, 15) is 13.2 Å².